The van der Waals surface area contributed by atoms with Gasteiger partial charge >= 0.3 is 0 Å². The molecule has 0 aliphatic heterocycles. The first-order valence-corrected chi connectivity index (χ1v) is 8.72. The monoisotopic (exact) mass is 345 g/mol. The topological polar surface area (TPSA) is 12.4 Å². The molecular formula is C20H21F2NS. The fourth-order valence-electron chi connectivity index (χ4n) is 2.68. The van der Waals surface area contributed by atoms with Crippen molar-refractivity contribution in [2.24, 2.45) is 4.99 Å². The van der Waals surface area contributed by atoms with Crippen LogP contribution in [0, 0.1) is 11.6 Å². The van der Waals surface area contributed by atoms with Crippen LogP contribution in [0.4, 0.5) is 14.5 Å². The summed E-state index contributed by atoms with van der Waals surface area (Å²) >= 11 is 4.40. The third-order valence-electron chi connectivity index (χ3n) is 4.03. The molecule has 0 aromatic heterocycles. The van der Waals surface area contributed by atoms with Crippen molar-refractivity contribution >= 4 is 23.1 Å². The molecule has 2 aromatic carbocycles. The van der Waals surface area contributed by atoms with Gasteiger partial charge in [0.2, 0.25) is 0 Å². The molecule has 0 spiro atoms. The minimum atomic E-state index is -0.734. The highest BCUT2D eigenvalue weighted by Crippen LogP contribution is 2.29. The minimum absolute atomic E-state index is 0.391. The molecule has 0 aliphatic rings. The molecule has 24 heavy (non-hydrogen) atoms. The van der Waals surface area contributed by atoms with Crippen LogP contribution in [0.5, 0.6) is 0 Å². The number of isothiocyanates is 1. The maximum absolute atomic E-state index is 13.9. The molecule has 2 rings (SSSR count). The van der Waals surface area contributed by atoms with E-state index in [1.165, 1.54) is 49.8 Å². The molecule has 2 aromatic rings. The van der Waals surface area contributed by atoms with Crippen LogP contribution in [0.25, 0.3) is 11.1 Å². The number of hydrogen-bond acceptors (Lipinski definition) is 2. The molecule has 1 nitrogen and oxygen atoms in total. The molecule has 0 N–H and O–H groups in total. The highest BCUT2D eigenvalue weighted by molar-refractivity contribution is 7.78. The third kappa shape index (κ3) is 5.05. The van der Waals surface area contributed by atoms with Crippen molar-refractivity contribution in [1.82, 2.24) is 0 Å². The average Bonchev–Trinajstić information content (AvgIpc) is 2.58. The number of hydrogen-bond donors (Lipinski definition) is 0. The van der Waals surface area contributed by atoms with Crippen molar-refractivity contribution in [3.8, 4) is 11.1 Å². The van der Waals surface area contributed by atoms with E-state index < -0.39 is 17.3 Å². The highest BCUT2D eigenvalue weighted by atomic mass is 32.1. The minimum Gasteiger partial charge on any atom is -0.204 e. The fourth-order valence-corrected chi connectivity index (χ4v) is 2.77. The lowest BCUT2D eigenvalue weighted by atomic mass is 10.0. The molecule has 0 atom stereocenters. The summed E-state index contributed by atoms with van der Waals surface area (Å²) in [7, 11) is 0. The van der Waals surface area contributed by atoms with Gasteiger partial charge in [-0.1, -0.05) is 56.9 Å². The summed E-state index contributed by atoms with van der Waals surface area (Å²) in [4.78, 5) is 3.42. The Morgan fingerprint density at radius 1 is 0.917 bits per heavy atom. The number of aliphatic imine (C=N–C) groups is 1. The lowest BCUT2D eigenvalue weighted by Gasteiger charge is -2.07. The zero-order valence-electron chi connectivity index (χ0n) is 13.8. The molecule has 126 valence electrons. The van der Waals surface area contributed by atoms with E-state index in [9.17, 15) is 8.78 Å². The Hall–Kier alpha value is -1.90. The molecule has 4 heteroatoms. The maximum Gasteiger partial charge on any atom is 0.153 e. The van der Waals surface area contributed by atoms with E-state index in [1.54, 1.807) is 0 Å². The highest BCUT2D eigenvalue weighted by Gasteiger charge is 2.11. The van der Waals surface area contributed by atoms with Crippen molar-refractivity contribution in [2.45, 2.75) is 45.4 Å². The zero-order valence-corrected chi connectivity index (χ0v) is 14.6. The second-order valence-corrected chi connectivity index (χ2v) is 6.04. The third-order valence-corrected chi connectivity index (χ3v) is 4.12. The molecular weight excluding hydrogens is 324 g/mol. The molecule has 0 radical (unpaired) electrons. The van der Waals surface area contributed by atoms with Crippen molar-refractivity contribution < 1.29 is 8.78 Å². The Morgan fingerprint density at radius 2 is 1.54 bits per heavy atom. The normalized spacial score (nSPS) is 10.5. The summed E-state index contributed by atoms with van der Waals surface area (Å²) in [5.41, 5.74) is 2.12. The van der Waals surface area contributed by atoms with Gasteiger partial charge in [0, 0.05) is 0 Å². The summed E-state index contributed by atoms with van der Waals surface area (Å²) in [5, 5.41) is 1.99. The van der Waals surface area contributed by atoms with Gasteiger partial charge in [-0.2, -0.15) is 4.99 Å². The van der Waals surface area contributed by atoms with Crippen molar-refractivity contribution in [2.75, 3.05) is 0 Å². The van der Waals surface area contributed by atoms with Crippen LogP contribution in [0.3, 0.4) is 0 Å². The number of rotatable bonds is 8. The van der Waals surface area contributed by atoms with Crippen molar-refractivity contribution in [1.29, 1.82) is 0 Å². The lowest BCUT2D eigenvalue weighted by molar-refractivity contribution is 0.588. The Balaban J connectivity index is 2.06. The Bertz CT molecular complexity index is 696. The van der Waals surface area contributed by atoms with E-state index in [-0.39, 0.29) is 0 Å². The zero-order chi connectivity index (χ0) is 17.4. The van der Waals surface area contributed by atoms with Crippen LogP contribution >= 0.6 is 12.2 Å². The van der Waals surface area contributed by atoms with E-state index >= 15 is 0 Å². The van der Waals surface area contributed by atoms with Crippen molar-refractivity contribution in [3.05, 3.63) is 53.6 Å². The molecule has 0 bridgehead atoms. The molecule has 0 unspecified atom stereocenters. The van der Waals surface area contributed by atoms with Crippen LogP contribution in [-0.4, -0.2) is 5.16 Å². The van der Waals surface area contributed by atoms with E-state index in [4.69, 9.17) is 0 Å². The van der Waals surface area contributed by atoms with Crippen LogP contribution in [0.15, 0.2) is 41.4 Å². The lowest BCUT2D eigenvalue weighted by Crippen LogP contribution is -1.89. The van der Waals surface area contributed by atoms with Crippen molar-refractivity contribution in [3.63, 3.8) is 0 Å². The Morgan fingerprint density at radius 3 is 2.12 bits per heavy atom. The molecule has 0 saturated heterocycles. The van der Waals surface area contributed by atoms with Gasteiger partial charge in [0.1, 0.15) is 5.69 Å². The van der Waals surface area contributed by atoms with Crippen LogP contribution in [0.1, 0.15) is 44.6 Å². The number of halogens is 2. The molecule has 0 saturated carbocycles. The van der Waals surface area contributed by atoms with Gasteiger partial charge < -0.3 is 0 Å². The first-order valence-electron chi connectivity index (χ1n) is 8.32. The average molecular weight is 345 g/mol. The largest absolute Gasteiger partial charge is 0.204 e. The number of aryl methyl sites for hydroxylation is 1. The second kappa shape index (κ2) is 9.41. The van der Waals surface area contributed by atoms with Gasteiger partial charge in [-0.15, -0.1) is 0 Å². The Kier molecular flexibility index (Phi) is 7.23. The van der Waals surface area contributed by atoms with E-state index in [2.05, 4.69) is 24.1 Å². The van der Waals surface area contributed by atoms with Gasteiger partial charge in [0.05, 0.1) is 5.16 Å². The van der Waals surface area contributed by atoms with E-state index in [1.807, 2.05) is 29.4 Å². The number of unbranched alkanes of at least 4 members (excludes halogenated alkanes) is 4. The molecule has 0 heterocycles. The predicted molar refractivity (Wildman–Crippen MR) is 98.9 cm³/mol. The maximum atomic E-state index is 13.9. The first kappa shape index (κ1) is 18.4. The van der Waals surface area contributed by atoms with E-state index in [0.717, 1.165) is 12.0 Å². The summed E-state index contributed by atoms with van der Waals surface area (Å²) in [6.07, 6.45) is 7.27. The molecule has 0 amide bonds. The summed E-state index contributed by atoms with van der Waals surface area (Å²) in [6, 6.07) is 10.4. The molecule has 0 aliphatic carbocycles. The van der Waals surface area contributed by atoms with Gasteiger partial charge in [0.15, 0.2) is 11.6 Å². The second-order valence-electron chi connectivity index (χ2n) is 5.85. The van der Waals surface area contributed by atoms with Gasteiger partial charge in [-0.3, -0.25) is 0 Å². The van der Waals surface area contributed by atoms with Crippen LogP contribution in [-0.2, 0) is 6.42 Å². The fraction of sp³-hybridized carbons (Fsp3) is 0.350. The number of thiocarbonyl (C=S) groups is 1. The summed E-state index contributed by atoms with van der Waals surface area (Å²) in [5.74, 6) is -1.47. The predicted octanol–water partition coefficient (Wildman–Crippen LogP) is 6.88. The van der Waals surface area contributed by atoms with Gasteiger partial charge in [-0.05, 0) is 53.9 Å². The van der Waals surface area contributed by atoms with E-state index in [0.29, 0.717) is 5.56 Å². The summed E-state index contributed by atoms with van der Waals surface area (Å²) < 4.78 is 27.8. The van der Waals surface area contributed by atoms with Gasteiger partial charge in [0.25, 0.3) is 0 Å². The van der Waals surface area contributed by atoms with Gasteiger partial charge in [-0.25, -0.2) is 8.78 Å². The molecule has 0 fully saturated rings. The quantitative estimate of drug-likeness (QED) is 0.288. The number of nitrogens with zero attached hydrogens (tertiary/aromatic N) is 1. The SMILES string of the molecule is CCCCCCCc1ccc(-c2cc(F)c(N=C=S)c(F)c2)cc1. The van der Waals surface area contributed by atoms with Crippen LogP contribution in [0.2, 0.25) is 0 Å². The van der Waals surface area contributed by atoms with Crippen LogP contribution < -0.4 is 0 Å². The summed E-state index contributed by atoms with van der Waals surface area (Å²) in [6.45, 7) is 2.21. The Labute approximate surface area is 147 Å². The smallest absolute Gasteiger partial charge is 0.153 e. The number of benzene rings is 2. The first-order chi connectivity index (χ1) is 11.7. The standard InChI is InChI=1S/C20H21F2NS/c1-2-3-4-5-6-7-15-8-10-16(11-9-15)17-12-18(21)20(23-14-24)19(22)13-17/h8-13H,2-7H2,1H3.